The van der Waals surface area contributed by atoms with E-state index in [2.05, 4.69) is 0 Å². The summed E-state index contributed by atoms with van der Waals surface area (Å²) >= 11 is 0. The average molecular weight is 207 g/mol. The molecule has 14 heavy (non-hydrogen) atoms. The number of carboxylic acid groups (broad SMARTS) is 1. The molecule has 0 heterocycles. The molecule has 0 aromatic rings. The Morgan fingerprint density at radius 3 is 1.50 bits per heavy atom. The third kappa shape index (κ3) is 9.44. The molecule has 86 valence electrons. The summed E-state index contributed by atoms with van der Waals surface area (Å²) in [4.78, 5) is 11.4. The topological polar surface area (TPSA) is 81.0 Å². The Bertz CT molecular complexity index is 144. The van der Waals surface area contributed by atoms with Crippen LogP contribution >= 0.6 is 0 Å². The van der Waals surface area contributed by atoms with Gasteiger partial charge >= 0.3 is 5.97 Å². The first-order valence-corrected chi connectivity index (χ1v) is 4.69. The smallest absolute Gasteiger partial charge is 0.332 e. The lowest BCUT2D eigenvalue weighted by atomic mass is 10.4. The van der Waals surface area contributed by atoms with Crippen LogP contribution in [0.1, 0.15) is 27.7 Å². The van der Waals surface area contributed by atoms with E-state index in [1.54, 1.807) is 6.92 Å². The molecule has 0 amide bonds. The molecule has 0 aromatic carbocycles. The fraction of sp³-hybridized carbons (Fsp3) is 0.889. The Kier molecular flexibility index (Phi) is 10.1. The third-order valence-corrected chi connectivity index (χ3v) is 1.70. The van der Waals surface area contributed by atoms with Crippen molar-refractivity contribution < 1.29 is 20.1 Å². The van der Waals surface area contributed by atoms with Gasteiger partial charge < -0.3 is 15.3 Å². The Balaban J connectivity index is 0. The van der Waals surface area contributed by atoms with Gasteiger partial charge in [0.15, 0.2) is 0 Å². The standard InChI is InChI=1S/C6H15NO.C3H6O3/c1-4-7(5-2)6(3)8;1-2(4)3(5)6/h6,8H,4-5H2,1-3H3;2,4H,1H3,(H,5,6). The SMILES string of the molecule is CC(O)C(=O)O.CCN(CC)C(C)O. The van der Waals surface area contributed by atoms with Crippen LogP contribution in [0.25, 0.3) is 0 Å². The van der Waals surface area contributed by atoms with E-state index >= 15 is 0 Å². The van der Waals surface area contributed by atoms with Gasteiger partial charge in [-0.05, 0) is 26.9 Å². The summed E-state index contributed by atoms with van der Waals surface area (Å²) in [5.74, 6) is -1.19. The van der Waals surface area contributed by atoms with E-state index in [4.69, 9.17) is 15.3 Å². The van der Waals surface area contributed by atoms with Crippen LogP contribution in [0.5, 0.6) is 0 Å². The Hall–Kier alpha value is -0.650. The van der Waals surface area contributed by atoms with Gasteiger partial charge in [-0.2, -0.15) is 0 Å². The van der Waals surface area contributed by atoms with Crippen molar-refractivity contribution in [3.05, 3.63) is 0 Å². The summed E-state index contributed by atoms with van der Waals surface area (Å²) in [5, 5.41) is 24.7. The van der Waals surface area contributed by atoms with Crippen LogP contribution in [0.15, 0.2) is 0 Å². The van der Waals surface area contributed by atoms with Crippen molar-refractivity contribution in [2.24, 2.45) is 0 Å². The van der Waals surface area contributed by atoms with E-state index in [9.17, 15) is 4.79 Å². The maximum atomic E-state index is 9.45. The number of hydrogen-bond donors (Lipinski definition) is 3. The molecule has 0 rings (SSSR count). The van der Waals surface area contributed by atoms with Gasteiger partial charge in [0.25, 0.3) is 0 Å². The lowest BCUT2D eigenvalue weighted by molar-refractivity contribution is -0.145. The number of aliphatic hydroxyl groups is 2. The highest BCUT2D eigenvalue weighted by Gasteiger charge is 2.02. The number of nitrogens with zero attached hydrogens (tertiary/aromatic N) is 1. The highest BCUT2D eigenvalue weighted by Crippen LogP contribution is 1.91. The van der Waals surface area contributed by atoms with Crippen LogP contribution in [0, 0.1) is 0 Å². The van der Waals surface area contributed by atoms with E-state index in [0.717, 1.165) is 13.1 Å². The molecular weight excluding hydrogens is 186 g/mol. The maximum absolute atomic E-state index is 9.45. The first kappa shape index (κ1) is 15.8. The number of carboxylic acids is 1. The quantitative estimate of drug-likeness (QED) is 0.570. The first-order valence-electron chi connectivity index (χ1n) is 4.69. The molecular formula is C9H21NO4. The molecule has 0 aliphatic heterocycles. The van der Waals surface area contributed by atoms with Crippen molar-refractivity contribution >= 4 is 5.97 Å². The summed E-state index contributed by atoms with van der Waals surface area (Å²) in [6.45, 7) is 8.91. The normalized spacial score (nSPS) is 14.2. The highest BCUT2D eigenvalue weighted by molar-refractivity contribution is 5.71. The number of carbonyl (C=O) groups is 1. The van der Waals surface area contributed by atoms with Crippen LogP contribution in [0.2, 0.25) is 0 Å². The van der Waals surface area contributed by atoms with Crippen molar-refractivity contribution in [2.45, 2.75) is 40.0 Å². The van der Waals surface area contributed by atoms with Crippen LogP contribution in [0.4, 0.5) is 0 Å². The predicted octanol–water partition coefficient (Wildman–Crippen LogP) is 0.118. The molecule has 0 saturated heterocycles. The second kappa shape index (κ2) is 8.93. The second-order valence-electron chi connectivity index (χ2n) is 2.87. The van der Waals surface area contributed by atoms with Crippen LogP contribution in [-0.2, 0) is 4.79 Å². The van der Waals surface area contributed by atoms with Crippen molar-refractivity contribution in [3.8, 4) is 0 Å². The van der Waals surface area contributed by atoms with Crippen molar-refractivity contribution in [3.63, 3.8) is 0 Å². The zero-order valence-electron chi connectivity index (χ0n) is 9.27. The van der Waals surface area contributed by atoms with E-state index in [0.29, 0.717) is 0 Å². The van der Waals surface area contributed by atoms with Crippen molar-refractivity contribution in [2.75, 3.05) is 13.1 Å². The Morgan fingerprint density at radius 2 is 1.50 bits per heavy atom. The van der Waals surface area contributed by atoms with Gasteiger partial charge in [-0.25, -0.2) is 4.79 Å². The van der Waals surface area contributed by atoms with E-state index in [1.807, 2.05) is 18.7 Å². The van der Waals surface area contributed by atoms with Gasteiger partial charge in [0.05, 0.1) is 0 Å². The van der Waals surface area contributed by atoms with Gasteiger partial charge in [0, 0.05) is 0 Å². The number of rotatable bonds is 4. The zero-order valence-corrected chi connectivity index (χ0v) is 9.27. The average Bonchev–Trinajstić information content (AvgIpc) is 2.06. The highest BCUT2D eigenvalue weighted by atomic mass is 16.4. The minimum absolute atomic E-state index is 0.287. The molecule has 2 atom stereocenters. The minimum Gasteiger partial charge on any atom is -0.479 e. The van der Waals surface area contributed by atoms with Gasteiger partial charge in [0.2, 0.25) is 0 Å². The summed E-state index contributed by atoms with van der Waals surface area (Å²) < 4.78 is 0. The molecule has 5 heteroatoms. The van der Waals surface area contributed by atoms with Crippen molar-refractivity contribution in [1.82, 2.24) is 4.90 Å². The lowest BCUT2D eigenvalue weighted by Crippen LogP contribution is -2.32. The molecule has 0 aliphatic rings. The summed E-state index contributed by atoms with van der Waals surface area (Å²) in [7, 11) is 0. The molecule has 0 fully saturated rings. The van der Waals surface area contributed by atoms with Gasteiger partial charge in [-0.1, -0.05) is 13.8 Å². The number of hydrogen-bond acceptors (Lipinski definition) is 4. The zero-order chi connectivity index (χ0) is 11.7. The number of aliphatic hydroxyl groups excluding tert-OH is 2. The molecule has 5 nitrogen and oxygen atoms in total. The van der Waals surface area contributed by atoms with Gasteiger partial charge in [0.1, 0.15) is 12.3 Å². The third-order valence-electron chi connectivity index (χ3n) is 1.70. The van der Waals surface area contributed by atoms with E-state index in [-0.39, 0.29) is 6.23 Å². The molecule has 2 unspecified atom stereocenters. The number of aliphatic carboxylic acids is 1. The summed E-state index contributed by atoms with van der Waals surface area (Å²) in [5.41, 5.74) is 0. The molecule has 0 radical (unpaired) electrons. The van der Waals surface area contributed by atoms with Crippen LogP contribution in [-0.4, -0.2) is 51.6 Å². The molecule has 3 N–H and O–H groups in total. The predicted molar refractivity (Wildman–Crippen MR) is 53.9 cm³/mol. The Morgan fingerprint density at radius 1 is 1.21 bits per heavy atom. The van der Waals surface area contributed by atoms with Crippen molar-refractivity contribution in [1.29, 1.82) is 0 Å². The maximum Gasteiger partial charge on any atom is 0.332 e. The van der Waals surface area contributed by atoms with Gasteiger partial charge in [-0.3, -0.25) is 4.90 Å². The molecule has 0 aromatic heterocycles. The summed E-state index contributed by atoms with van der Waals surface area (Å²) in [6.07, 6.45) is -1.52. The van der Waals surface area contributed by atoms with E-state index in [1.165, 1.54) is 6.92 Å². The second-order valence-corrected chi connectivity index (χ2v) is 2.87. The lowest BCUT2D eigenvalue weighted by Gasteiger charge is -2.20. The van der Waals surface area contributed by atoms with Gasteiger partial charge in [-0.15, -0.1) is 0 Å². The van der Waals surface area contributed by atoms with E-state index < -0.39 is 12.1 Å². The summed E-state index contributed by atoms with van der Waals surface area (Å²) in [6, 6.07) is 0. The minimum atomic E-state index is -1.23. The van der Waals surface area contributed by atoms with Crippen LogP contribution in [0.3, 0.4) is 0 Å². The fourth-order valence-electron chi connectivity index (χ4n) is 0.752. The monoisotopic (exact) mass is 207 g/mol. The molecule has 0 bridgehead atoms. The molecule has 0 spiro atoms. The van der Waals surface area contributed by atoms with Crippen LogP contribution < -0.4 is 0 Å². The fourth-order valence-corrected chi connectivity index (χ4v) is 0.752. The Labute approximate surface area is 85.0 Å². The molecule has 0 aliphatic carbocycles. The first-order chi connectivity index (χ1) is 6.36. The molecule has 0 saturated carbocycles. The largest absolute Gasteiger partial charge is 0.479 e.